The van der Waals surface area contributed by atoms with Crippen LogP contribution in [0.5, 0.6) is 11.5 Å². The van der Waals surface area contributed by atoms with Crippen molar-refractivity contribution in [2.75, 3.05) is 11.9 Å². The Morgan fingerprint density at radius 1 is 1.04 bits per heavy atom. The fourth-order valence-corrected chi connectivity index (χ4v) is 8.45. The average Bonchev–Trinajstić information content (AvgIpc) is 3.38. The summed E-state index contributed by atoms with van der Waals surface area (Å²) in [5.41, 5.74) is 4.31. The van der Waals surface area contributed by atoms with Crippen molar-refractivity contribution in [1.82, 2.24) is 4.57 Å². The molecule has 1 atom stereocenters. The molecule has 5 aromatic rings. The minimum atomic E-state index is -0.717. The number of allylic oxidation sites excluding steroid dienone is 1. The molecule has 0 radical (unpaired) electrons. The van der Waals surface area contributed by atoms with Gasteiger partial charge in [0, 0.05) is 14.8 Å². The maximum absolute atomic E-state index is 14.4. The van der Waals surface area contributed by atoms with Gasteiger partial charge in [-0.3, -0.25) is 14.2 Å². The van der Waals surface area contributed by atoms with Crippen molar-refractivity contribution < 1.29 is 14.3 Å². The first kappa shape index (κ1) is 33.6. The lowest BCUT2D eigenvalue weighted by molar-refractivity contribution is -0.113. The highest BCUT2D eigenvalue weighted by Gasteiger charge is 2.32. The zero-order valence-electron chi connectivity index (χ0n) is 25.9. The zero-order valence-corrected chi connectivity index (χ0v) is 31.0. The van der Waals surface area contributed by atoms with Crippen LogP contribution in [0.3, 0.4) is 0 Å². The van der Waals surface area contributed by atoms with Gasteiger partial charge >= 0.3 is 0 Å². The monoisotopic (exact) mass is 878 g/mol. The van der Waals surface area contributed by atoms with E-state index in [-0.39, 0.29) is 11.5 Å². The molecule has 1 amide bonds. The van der Waals surface area contributed by atoms with Crippen molar-refractivity contribution in [1.29, 1.82) is 5.26 Å². The summed E-state index contributed by atoms with van der Waals surface area (Å²) in [5, 5.41) is 12.1. The summed E-state index contributed by atoms with van der Waals surface area (Å²) in [5.74, 6) is 1.01. The number of fused-ring (bicyclic) bond motifs is 1. The molecule has 11 heteroatoms. The van der Waals surface area contributed by atoms with Gasteiger partial charge in [0.25, 0.3) is 11.5 Å². The molecule has 0 fully saturated rings. The van der Waals surface area contributed by atoms with Crippen LogP contribution in [0.25, 0.3) is 6.08 Å². The van der Waals surface area contributed by atoms with E-state index in [1.807, 2.05) is 91.9 Å². The van der Waals surface area contributed by atoms with Gasteiger partial charge in [0.2, 0.25) is 0 Å². The fourth-order valence-electron chi connectivity index (χ4n) is 5.37. The van der Waals surface area contributed by atoms with Crippen LogP contribution in [-0.4, -0.2) is 17.1 Å². The first-order chi connectivity index (χ1) is 23.2. The molecule has 1 aliphatic rings. The summed E-state index contributed by atoms with van der Waals surface area (Å²) in [7, 11) is 0. The summed E-state index contributed by atoms with van der Waals surface area (Å²) >= 11 is 5.77. The van der Waals surface area contributed by atoms with E-state index in [1.165, 1.54) is 11.3 Å². The smallest absolute Gasteiger partial charge is 0.271 e. The third-order valence-electron chi connectivity index (χ3n) is 7.59. The Kier molecular flexibility index (Phi) is 10.4. The number of amides is 1. The molecule has 2 heterocycles. The van der Waals surface area contributed by atoms with E-state index in [0.29, 0.717) is 56.6 Å². The molecule has 6 rings (SSSR count). The summed E-state index contributed by atoms with van der Waals surface area (Å²) in [6, 6.07) is 29.4. The number of carbonyl (C=O) groups excluding carboxylic acids is 1. The highest BCUT2D eigenvalue weighted by Crippen LogP contribution is 2.33. The fraction of sp³-hybridized carbons (Fsp3) is 0.135. The molecule has 0 unspecified atom stereocenters. The molecular formula is C37H28I2N4O4S. The highest BCUT2D eigenvalue weighted by atomic mass is 127. The SMILES string of the molecule is CCOc1ccc([C@H]2C(C(=O)Nc3ccccc3)=C(C)N=c3s/c(=C\c4cc(I)cc(I)c4OCc4ccc(C#N)cc4)c(=O)n32)cc1. The van der Waals surface area contributed by atoms with E-state index < -0.39 is 6.04 Å². The summed E-state index contributed by atoms with van der Waals surface area (Å²) < 4.78 is 15.9. The van der Waals surface area contributed by atoms with E-state index >= 15 is 0 Å². The molecule has 8 nitrogen and oxygen atoms in total. The number of nitrogens with one attached hydrogen (secondary N) is 1. The number of anilines is 1. The van der Waals surface area contributed by atoms with Gasteiger partial charge < -0.3 is 14.8 Å². The van der Waals surface area contributed by atoms with E-state index in [2.05, 4.69) is 56.6 Å². The normalized spacial score (nSPS) is 14.1. The lowest BCUT2D eigenvalue weighted by atomic mass is 9.95. The Morgan fingerprint density at radius 3 is 2.46 bits per heavy atom. The lowest BCUT2D eigenvalue weighted by Gasteiger charge is -2.25. The van der Waals surface area contributed by atoms with Crippen LogP contribution in [0.1, 0.15) is 42.1 Å². The molecule has 4 aromatic carbocycles. The van der Waals surface area contributed by atoms with Gasteiger partial charge in [-0.1, -0.05) is 53.8 Å². The number of hydrogen-bond donors (Lipinski definition) is 1. The van der Waals surface area contributed by atoms with E-state index in [9.17, 15) is 9.59 Å². The number of hydrogen-bond acceptors (Lipinski definition) is 7. The van der Waals surface area contributed by atoms with Gasteiger partial charge in [-0.05, 0) is 125 Å². The van der Waals surface area contributed by atoms with Crippen molar-refractivity contribution >= 4 is 74.2 Å². The molecular weight excluding hydrogens is 850 g/mol. The minimum absolute atomic E-state index is 0.262. The van der Waals surface area contributed by atoms with Gasteiger partial charge in [-0.2, -0.15) is 5.26 Å². The number of nitriles is 1. The quantitative estimate of drug-likeness (QED) is 0.162. The minimum Gasteiger partial charge on any atom is -0.494 e. The molecule has 0 spiro atoms. The van der Waals surface area contributed by atoms with Crippen LogP contribution >= 0.6 is 56.5 Å². The number of carbonyl (C=O) groups is 1. The van der Waals surface area contributed by atoms with Crippen molar-refractivity contribution in [2.45, 2.75) is 26.5 Å². The number of halogens is 2. The van der Waals surface area contributed by atoms with Gasteiger partial charge in [-0.25, -0.2) is 4.99 Å². The molecule has 1 N–H and O–H groups in total. The Hall–Kier alpha value is -4.26. The molecule has 240 valence electrons. The number of thiazole rings is 1. The van der Waals surface area contributed by atoms with Crippen LogP contribution in [0.2, 0.25) is 0 Å². The van der Waals surface area contributed by atoms with Crippen molar-refractivity contribution in [3.63, 3.8) is 0 Å². The number of benzene rings is 4. The predicted octanol–water partition coefficient (Wildman–Crippen LogP) is 6.93. The van der Waals surface area contributed by atoms with Gasteiger partial charge in [0.15, 0.2) is 4.80 Å². The second-order valence-electron chi connectivity index (χ2n) is 10.8. The number of rotatable bonds is 9. The molecule has 0 saturated carbocycles. The second-order valence-corrected chi connectivity index (χ2v) is 14.2. The Morgan fingerprint density at radius 2 is 1.77 bits per heavy atom. The number of ether oxygens (including phenoxy) is 2. The van der Waals surface area contributed by atoms with E-state index in [1.54, 1.807) is 23.6 Å². The Balaban J connectivity index is 1.44. The molecule has 0 saturated heterocycles. The standard InChI is InChI=1S/C37H28I2N4O4S/c1-3-46-29-15-13-25(14-16-29)33-32(35(44)42-28-7-5-4-6-8-28)22(2)41-37-43(33)36(45)31(48-37)18-26-17-27(38)19-30(39)34(26)47-21-24-11-9-23(20-40)10-12-24/h4-19,33H,3,21H2,1-2H3,(H,42,44)/b31-18-/t33-/m0/s1. The Bertz CT molecular complexity index is 2260. The first-order valence-corrected chi connectivity index (χ1v) is 18.0. The topological polar surface area (TPSA) is 106 Å². The molecule has 1 aliphatic heterocycles. The van der Waals surface area contributed by atoms with E-state index in [0.717, 1.165) is 23.8 Å². The highest BCUT2D eigenvalue weighted by molar-refractivity contribution is 14.1. The summed E-state index contributed by atoms with van der Waals surface area (Å²) in [6.45, 7) is 4.54. The summed E-state index contributed by atoms with van der Waals surface area (Å²) in [6.07, 6.45) is 1.83. The van der Waals surface area contributed by atoms with Crippen molar-refractivity contribution in [3.05, 3.63) is 151 Å². The molecule has 0 aliphatic carbocycles. The third kappa shape index (κ3) is 7.25. The van der Waals surface area contributed by atoms with Crippen LogP contribution in [-0.2, 0) is 11.4 Å². The molecule has 48 heavy (non-hydrogen) atoms. The van der Waals surface area contributed by atoms with Gasteiger partial charge in [0.05, 0.1) is 43.7 Å². The first-order valence-electron chi connectivity index (χ1n) is 15.0. The van der Waals surface area contributed by atoms with Crippen LogP contribution < -0.4 is 29.7 Å². The maximum atomic E-state index is 14.4. The molecule has 1 aromatic heterocycles. The number of aromatic nitrogens is 1. The summed E-state index contributed by atoms with van der Waals surface area (Å²) in [4.78, 5) is 33.5. The van der Waals surface area contributed by atoms with Crippen LogP contribution in [0.4, 0.5) is 5.69 Å². The number of nitrogens with zero attached hydrogens (tertiary/aromatic N) is 3. The number of para-hydroxylation sites is 1. The largest absolute Gasteiger partial charge is 0.494 e. The second kappa shape index (κ2) is 14.9. The average molecular weight is 879 g/mol. The van der Waals surface area contributed by atoms with Crippen molar-refractivity contribution in [2.24, 2.45) is 4.99 Å². The predicted molar refractivity (Wildman–Crippen MR) is 204 cm³/mol. The lowest BCUT2D eigenvalue weighted by Crippen LogP contribution is -2.40. The van der Waals surface area contributed by atoms with Crippen LogP contribution in [0.15, 0.2) is 112 Å². The Labute approximate surface area is 308 Å². The maximum Gasteiger partial charge on any atom is 0.271 e. The zero-order chi connectivity index (χ0) is 33.8. The van der Waals surface area contributed by atoms with E-state index in [4.69, 9.17) is 19.7 Å². The third-order valence-corrected chi connectivity index (χ3v) is 10.0. The van der Waals surface area contributed by atoms with Crippen molar-refractivity contribution in [3.8, 4) is 17.6 Å². The molecule has 0 bridgehead atoms. The van der Waals surface area contributed by atoms with Gasteiger partial charge in [0.1, 0.15) is 18.1 Å². The van der Waals surface area contributed by atoms with Crippen LogP contribution in [0, 0.1) is 18.5 Å². The van der Waals surface area contributed by atoms with Gasteiger partial charge in [-0.15, -0.1) is 0 Å².